The van der Waals surface area contributed by atoms with E-state index in [0.29, 0.717) is 13.2 Å². The standard InChI is InChI=1S/C17H19Cl2F3O3/c1-15(11-5-7-12(8-6-11)25-17(20,21)22)13(16(15,18)19)10-24-14-4-2-3-9-23-14/h5-8,13-14H,2-4,9-10H2,1H3/t13-,14?,15-/m1/s1. The monoisotopic (exact) mass is 398 g/mol. The van der Waals surface area contributed by atoms with Crippen LogP contribution in [0.2, 0.25) is 0 Å². The molecule has 25 heavy (non-hydrogen) atoms. The maximum absolute atomic E-state index is 12.3. The number of halogens is 5. The molecular formula is C17H19Cl2F3O3. The van der Waals surface area contributed by atoms with Crippen LogP contribution in [0.3, 0.4) is 0 Å². The van der Waals surface area contributed by atoms with Gasteiger partial charge in [0.2, 0.25) is 0 Å². The van der Waals surface area contributed by atoms with Gasteiger partial charge in [0.15, 0.2) is 6.29 Å². The molecule has 1 aromatic rings. The van der Waals surface area contributed by atoms with Gasteiger partial charge in [0.05, 0.1) is 6.61 Å². The Kier molecular flexibility index (Phi) is 5.19. The molecule has 1 saturated heterocycles. The van der Waals surface area contributed by atoms with E-state index in [1.807, 2.05) is 6.92 Å². The molecular weight excluding hydrogens is 380 g/mol. The van der Waals surface area contributed by atoms with Crippen molar-refractivity contribution in [3.05, 3.63) is 29.8 Å². The van der Waals surface area contributed by atoms with Crippen molar-refractivity contribution < 1.29 is 27.4 Å². The van der Waals surface area contributed by atoms with Crippen LogP contribution in [0.1, 0.15) is 31.7 Å². The van der Waals surface area contributed by atoms with Gasteiger partial charge in [-0.2, -0.15) is 0 Å². The van der Waals surface area contributed by atoms with E-state index in [-0.39, 0.29) is 18.0 Å². The van der Waals surface area contributed by atoms with Gasteiger partial charge < -0.3 is 14.2 Å². The Labute approximate surface area is 154 Å². The summed E-state index contributed by atoms with van der Waals surface area (Å²) in [5.41, 5.74) is 0.131. The minimum Gasteiger partial charge on any atom is -0.406 e. The van der Waals surface area contributed by atoms with Crippen LogP contribution < -0.4 is 4.74 Å². The predicted molar refractivity (Wildman–Crippen MR) is 87.9 cm³/mol. The third-order valence-corrected chi connectivity index (χ3v) is 6.33. The lowest BCUT2D eigenvalue weighted by Crippen LogP contribution is -2.24. The van der Waals surface area contributed by atoms with E-state index in [9.17, 15) is 13.2 Å². The number of hydrogen-bond donors (Lipinski definition) is 0. The molecule has 0 aromatic heterocycles. The first-order valence-electron chi connectivity index (χ1n) is 8.12. The summed E-state index contributed by atoms with van der Waals surface area (Å²) in [7, 11) is 0. The maximum atomic E-state index is 12.3. The molecule has 0 radical (unpaired) electrons. The molecule has 0 amide bonds. The Morgan fingerprint density at radius 2 is 1.88 bits per heavy atom. The lowest BCUT2D eigenvalue weighted by atomic mass is 9.95. The average molecular weight is 399 g/mol. The Balaban J connectivity index is 1.65. The highest BCUT2D eigenvalue weighted by molar-refractivity contribution is 6.52. The lowest BCUT2D eigenvalue weighted by molar-refractivity contribution is -0.274. The van der Waals surface area contributed by atoms with Gasteiger partial charge in [-0.25, -0.2) is 0 Å². The normalized spacial score (nSPS) is 31.6. The Hall–Kier alpha value is -0.690. The molecule has 3 atom stereocenters. The van der Waals surface area contributed by atoms with Crippen molar-refractivity contribution in [2.75, 3.05) is 13.2 Å². The van der Waals surface area contributed by atoms with Crippen LogP contribution in [0.5, 0.6) is 5.75 Å². The molecule has 8 heteroatoms. The van der Waals surface area contributed by atoms with Crippen molar-refractivity contribution in [2.24, 2.45) is 5.92 Å². The third-order valence-electron chi connectivity index (χ3n) is 5.02. The van der Waals surface area contributed by atoms with Crippen LogP contribution >= 0.6 is 23.2 Å². The topological polar surface area (TPSA) is 27.7 Å². The summed E-state index contributed by atoms with van der Waals surface area (Å²) in [6.45, 7) is 2.89. The quantitative estimate of drug-likeness (QED) is 0.638. The molecule has 1 aromatic carbocycles. The second-order valence-corrected chi connectivity index (χ2v) is 7.97. The molecule has 140 valence electrons. The summed E-state index contributed by atoms with van der Waals surface area (Å²) < 4.78 is 50.9. The molecule has 3 nitrogen and oxygen atoms in total. The minimum atomic E-state index is -4.72. The molecule has 1 unspecified atom stereocenters. The van der Waals surface area contributed by atoms with Crippen molar-refractivity contribution in [3.63, 3.8) is 0 Å². The number of benzene rings is 1. The van der Waals surface area contributed by atoms with Crippen molar-refractivity contribution in [1.82, 2.24) is 0 Å². The fourth-order valence-corrected chi connectivity index (χ4v) is 4.26. The zero-order valence-corrected chi connectivity index (χ0v) is 15.1. The van der Waals surface area contributed by atoms with E-state index in [2.05, 4.69) is 4.74 Å². The summed E-state index contributed by atoms with van der Waals surface area (Å²) in [5, 5.41) is 0. The molecule has 1 aliphatic heterocycles. The zero-order valence-electron chi connectivity index (χ0n) is 13.6. The first kappa shape index (κ1) is 19.1. The van der Waals surface area contributed by atoms with E-state index in [0.717, 1.165) is 24.8 Å². The fraction of sp³-hybridized carbons (Fsp3) is 0.647. The van der Waals surface area contributed by atoms with Crippen LogP contribution in [0.4, 0.5) is 13.2 Å². The molecule has 3 rings (SSSR count). The van der Waals surface area contributed by atoms with Gasteiger partial charge in [0.25, 0.3) is 0 Å². The van der Waals surface area contributed by atoms with Gasteiger partial charge in [-0.3, -0.25) is 0 Å². The highest BCUT2D eigenvalue weighted by Gasteiger charge is 2.73. The summed E-state index contributed by atoms with van der Waals surface area (Å²) in [4.78, 5) is 0. The Morgan fingerprint density at radius 3 is 2.44 bits per heavy atom. The number of alkyl halides is 5. The lowest BCUT2D eigenvalue weighted by Gasteiger charge is -2.23. The Morgan fingerprint density at radius 1 is 1.20 bits per heavy atom. The van der Waals surface area contributed by atoms with Crippen LogP contribution in [0.15, 0.2) is 24.3 Å². The fourth-order valence-electron chi connectivity index (χ4n) is 3.33. The predicted octanol–water partition coefficient (Wildman–Crippen LogP) is 5.19. The maximum Gasteiger partial charge on any atom is 0.573 e. The van der Waals surface area contributed by atoms with Gasteiger partial charge >= 0.3 is 6.36 Å². The molecule has 2 fully saturated rings. The molecule has 0 bridgehead atoms. The van der Waals surface area contributed by atoms with E-state index in [1.165, 1.54) is 12.1 Å². The van der Waals surface area contributed by atoms with Gasteiger partial charge in [-0.15, -0.1) is 36.4 Å². The smallest absolute Gasteiger partial charge is 0.406 e. The van der Waals surface area contributed by atoms with Crippen molar-refractivity contribution in [3.8, 4) is 5.75 Å². The van der Waals surface area contributed by atoms with Crippen molar-refractivity contribution >= 4 is 23.2 Å². The summed E-state index contributed by atoms with van der Waals surface area (Å²) in [6, 6.07) is 5.63. The second-order valence-electron chi connectivity index (χ2n) is 6.58. The molecule has 1 saturated carbocycles. The summed E-state index contributed by atoms with van der Waals surface area (Å²) in [6.07, 6.45) is -2.04. The average Bonchev–Trinajstić information content (AvgIpc) is 2.98. The molecule has 0 N–H and O–H groups in total. The molecule has 1 aliphatic carbocycles. The van der Waals surface area contributed by atoms with E-state index in [4.69, 9.17) is 32.7 Å². The first-order chi connectivity index (χ1) is 11.6. The number of hydrogen-bond acceptors (Lipinski definition) is 3. The largest absolute Gasteiger partial charge is 0.573 e. The van der Waals surface area contributed by atoms with Crippen LogP contribution in [0, 0.1) is 5.92 Å². The zero-order chi connectivity index (χ0) is 18.3. The summed E-state index contributed by atoms with van der Waals surface area (Å²) >= 11 is 12.9. The van der Waals surface area contributed by atoms with E-state index in [1.54, 1.807) is 12.1 Å². The van der Waals surface area contributed by atoms with Gasteiger partial charge in [0.1, 0.15) is 10.1 Å². The van der Waals surface area contributed by atoms with Gasteiger partial charge in [-0.1, -0.05) is 19.1 Å². The van der Waals surface area contributed by atoms with Crippen LogP contribution in [0.25, 0.3) is 0 Å². The number of rotatable bonds is 5. The third kappa shape index (κ3) is 3.87. The van der Waals surface area contributed by atoms with E-state index >= 15 is 0 Å². The first-order valence-corrected chi connectivity index (χ1v) is 8.87. The highest BCUT2D eigenvalue weighted by Crippen LogP contribution is 2.69. The molecule has 0 spiro atoms. The molecule has 1 heterocycles. The van der Waals surface area contributed by atoms with Crippen molar-refractivity contribution in [2.45, 2.75) is 48.6 Å². The van der Waals surface area contributed by atoms with Crippen LogP contribution in [-0.4, -0.2) is 30.2 Å². The highest BCUT2D eigenvalue weighted by atomic mass is 35.5. The van der Waals surface area contributed by atoms with Crippen molar-refractivity contribution in [1.29, 1.82) is 0 Å². The minimum absolute atomic E-state index is 0.178. The Bertz CT molecular complexity index is 600. The van der Waals surface area contributed by atoms with Crippen LogP contribution in [-0.2, 0) is 14.9 Å². The molecule has 2 aliphatic rings. The number of ether oxygens (including phenoxy) is 3. The van der Waals surface area contributed by atoms with E-state index < -0.39 is 16.1 Å². The van der Waals surface area contributed by atoms with Gasteiger partial charge in [-0.05, 0) is 37.0 Å². The van der Waals surface area contributed by atoms with Gasteiger partial charge in [0, 0.05) is 17.9 Å². The summed E-state index contributed by atoms with van der Waals surface area (Å²) in [5.74, 6) is -0.457. The second kappa shape index (κ2) is 6.80. The SMILES string of the molecule is C[C@@]1(c2ccc(OC(F)(F)F)cc2)[C@@H](COC2CCCCO2)C1(Cl)Cl.